The molecule has 0 amide bonds. The Hall–Kier alpha value is -1.70. The average molecular weight is 421 g/mol. The van der Waals surface area contributed by atoms with Crippen molar-refractivity contribution in [2.75, 3.05) is 0 Å². The van der Waals surface area contributed by atoms with Gasteiger partial charge in [0.15, 0.2) is 0 Å². The van der Waals surface area contributed by atoms with Crippen molar-refractivity contribution in [3.63, 3.8) is 0 Å². The van der Waals surface area contributed by atoms with E-state index < -0.39 is 0 Å². The van der Waals surface area contributed by atoms with Gasteiger partial charge in [-0.25, -0.2) is 0 Å². The van der Waals surface area contributed by atoms with Crippen molar-refractivity contribution in [3.8, 4) is 11.3 Å². The molecular weight excluding hydrogens is 376 g/mol. The van der Waals surface area contributed by atoms with Gasteiger partial charge in [-0.15, -0.1) is 0 Å². The summed E-state index contributed by atoms with van der Waals surface area (Å²) >= 11 is 0. The normalized spacial score (nSPS) is 18.9. The Kier molecular flexibility index (Phi) is 10.6. The van der Waals surface area contributed by atoms with E-state index in [1.165, 1.54) is 101 Å². The van der Waals surface area contributed by atoms with E-state index in [1.54, 1.807) is 0 Å². The number of aromatic nitrogens is 2. The molecule has 1 aliphatic rings. The van der Waals surface area contributed by atoms with Crippen molar-refractivity contribution >= 4 is 0 Å². The summed E-state index contributed by atoms with van der Waals surface area (Å²) in [5, 5.41) is 9.06. The summed E-state index contributed by atoms with van der Waals surface area (Å²) in [4.78, 5) is 0. The molecular formula is C29H44N2. The number of hydrogen-bond acceptors (Lipinski definition) is 2. The highest BCUT2D eigenvalue weighted by atomic mass is 15.1. The molecule has 2 aromatic rings. The number of hydrogen-bond donors (Lipinski definition) is 0. The third-order valence-electron chi connectivity index (χ3n) is 7.28. The minimum Gasteiger partial charge on any atom is -0.155 e. The molecule has 1 heterocycles. The zero-order valence-corrected chi connectivity index (χ0v) is 20.1. The molecule has 0 bridgehead atoms. The highest BCUT2D eigenvalue weighted by Gasteiger charge is 2.20. The first kappa shape index (κ1) is 24.0. The summed E-state index contributed by atoms with van der Waals surface area (Å²) in [5.74, 6) is 1.90. The van der Waals surface area contributed by atoms with E-state index in [9.17, 15) is 0 Å². The minimum absolute atomic E-state index is 0.897. The van der Waals surface area contributed by atoms with Gasteiger partial charge in [-0.1, -0.05) is 109 Å². The molecule has 1 aromatic heterocycles. The van der Waals surface area contributed by atoms with E-state index in [2.05, 4.69) is 60.4 Å². The number of nitrogens with zero attached hydrogens (tertiary/aromatic N) is 2. The van der Waals surface area contributed by atoms with E-state index in [1.807, 2.05) is 0 Å². The van der Waals surface area contributed by atoms with Crippen LogP contribution in [0, 0.1) is 11.8 Å². The number of unbranched alkanes of at least 4 members (excludes halogenated alkanes) is 5. The molecule has 0 saturated heterocycles. The lowest BCUT2D eigenvalue weighted by atomic mass is 9.78. The predicted octanol–water partition coefficient (Wildman–Crippen LogP) is 8.59. The zero-order chi connectivity index (χ0) is 21.7. The second-order valence-electron chi connectivity index (χ2n) is 9.84. The van der Waals surface area contributed by atoms with Crippen LogP contribution in [0.4, 0.5) is 0 Å². The molecule has 0 aliphatic heterocycles. The molecule has 31 heavy (non-hydrogen) atoms. The second-order valence-corrected chi connectivity index (χ2v) is 9.84. The van der Waals surface area contributed by atoms with Crippen LogP contribution in [0.25, 0.3) is 11.3 Å². The number of benzene rings is 1. The van der Waals surface area contributed by atoms with Gasteiger partial charge in [-0.05, 0) is 55.2 Å². The molecule has 0 spiro atoms. The molecule has 1 aliphatic carbocycles. The molecule has 1 fully saturated rings. The van der Waals surface area contributed by atoms with Gasteiger partial charge in [-0.2, -0.15) is 10.2 Å². The summed E-state index contributed by atoms with van der Waals surface area (Å²) in [6.45, 7) is 4.54. The van der Waals surface area contributed by atoms with E-state index in [0.29, 0.717) is 0 Å². The highest BCUT2D eigenvalue weighted by molar-refractivity contribution is 5.58. The molecule has 0 radical (unpaired) electrons. The largest absolute Gasteiger partial charge is 0.155 e. The lowest BCUT2D eigenvalue weighted by Crippen LogP contribution is -2.15. The van der Waals surface area contributed by atoms with Gasteiger partial charge in [0.25, 0.3) is 0 Å². The van der Waals surface area contributed by atoms with Crippen LogP contribution >= 0.6 is 0 Å². The van der Waals surface area contributed by atoms with E-state index in [0.717, 1.165) is 29.6 Å². The lowest BCUT2D eigenvalue weighted by Gasteiger charge is -2.28. The summed E-state index contributed by atoms with van der Waals surface area (Å²) < 4.78 is 0. The van der Waals surface area contributed by atoms with Crippen LogP contribution in [-0.2, 0) is 12.8 Å². The van der Waals surface area contributed by atoms with Crippen LogP contribution in [0.3, 0.4) is 0 Å². The van der Waals surface area contributed by atoms with Crippen molar-refractivity contribution in [3.05, 3.63) is 47.7 Å². The smallest absolute Gasteiger partial charge is 0.0929 e. The van der Waals surface area contributed by atoms with Gasteiger partial charge >= 0.3 is 0 Å². The van der Waals surface area contributed by atoms with Crippen LogP contribution in [0.5, 0.6) is 0 Å². The van der Waals surface area contributed by atoms with Gasteiger partial charge in [0, 0.05) is 5.56 Å². The van der Waals surface area contributed by atoms with E-state index in [4.69, 9.17) is 0 Å². The fourth-order valence-electron chi connectivity index (χ4n) is 5.07. The van der Waals surface area contributed by atoms with Crippen molar-refractivity contribution in [2.45, 2.75) is 110 Å². The first-order valence-electron chi connectivity index (χ1n) is 13.2. The van der Waals surface area contributed by atoms with Crippen molar-refractivity contribution in [1.82, 2.24) is 10.2 Å². The monoisotopic (exact) mass is 420 g/mol. The standard InChI is InChI=1S/C29H44N2/c1-3-5-7-8-9-11-25-12-14-26(15-13-25)18-21-28-22-23-29(31-30-28)27-19-16-24(17-20-27)10-6-4-2/h16-17,19-20,22-23,25-26H,3-15,18,21H2,1-2H3. The van der Waals surface area contributed by atoms with Crippen LogP contribution in [-0.4, -0.2) is 10.2 Å². The predicted molar refractivity (Wildman–Crippen MR) is 133 cm³/mol. The average Bonchev–Trinajstić information content (AvgIpc) is 2.83. The Labute approximate surface area is 191 Å². The van der Waals surface area contributed by atoms with Crippen LogP contribution in [0.1, 0.15) is 109 Å². The fourth-order valence-corrected chi connectivity index (χ4v) is 5.07. The number of aryl methyl sites for hydroxylation is 2. The Morgan fingerprint density at radius 3 is 1.97 bits per heavy atom. The molecule has 0 unspecified atom stereocenters. The van der Waals surface area contributed by atoms with Gasteiger partial charge in [-0.3, -0.25) is 0 Å². The zero-order valence-electron chi connectivity index (χ0n) is 20.1. The summed E-state index contributed by atoms with van der Waals surface area (Å²) in [7, 11) is 0. The maximum atomic E-state index is 4.54. The van der Waals surface area contributed by atoms with E-state index in [-0.39, 0.29) is 0 Å². The highest BCUT2D eigenvalue weighted by Crippen LogP contribution is 2.34. The molecule has 0 N–H and O–H groups in total. The first-order valence-corrected chi connectivity index (χ1v) is 13.2. The van der Waals surface area contributed by atoms with Crippen LogP contribution in [0.2, 0.25) is 0 Å². The van der Waals surface area contributed by atoms with Crippen molar-refractivity contribution in [2.24, 2.45) is 11.8 Å². The minimum atomic E-state index is 0.897. The molecule has 170 valence electrons. The molecule has 3 rings (SSSR count). The molecule has 2 heteroatoms. The molecule has 0 atom stereocenters. The van der Waals surface area contributed by atoms with Crippen molar-refractivity contribution in [1.29, 1.82) is 0 Å². The van der Waals surface area contributed by atoms with Crippen LogP contribution in [0.15, 0.2) is 36.4 Å². The van der Waals surface area contributed by atoms with Gasteiger partial charge < -0.3 is 0 Å². The Morgan fingerprint density at radius 1 is 0.645 bits per heavy atom. The maximum absolute atomic E-state index is 4.54. The van der Waals surface area contributed by atoms with Gasteiger partial charge in [0.05, 0.1) is 11.4 Å². The fraction of sp³-hybridized carbons (Fsp3) is 0.655. The number of rotatable bonds is 13. The maximum Gasteiger partial charge on any atom is 0.0929 e. The molecule has 1 saturated carbocycles. The molecule has 1 aromatic carbocycles. The Morgan fingerprint density at radius 2 is 1.32 bits per heavy atom. The summed E-state index contributed by atoms with van der Waals surface area (Å²) in [6, 6.07) is 13.2. The molecule has 2 nitrogen and oxygen atoms in total. The van der Waals surface area contributed by atoms with Gasteiger partial charge in [0.2, 0.25) is 0 Å². The quantitative estimate of drug-likeness (QED) is 0.303. The van der Waals surface area contributed by atoms with Crippen LogP contribution < -0.4 is 0 Å². The topological polar surface area (TPSA) is 25.8 Å². The first-order chi connectivity index (χ1) is 15.3. The summed E-state index contributed by atoms with van der Waals surface area (Å²) in [5.41, 5.74) is 4.74. The SMILES string of the molecule is CCCCCCCC1CCC(CCc2ccc(-c3ccc(CCCC)cc3)nn2)CC1. The van der Waals surface area contributed by atoms with E-state index >= 15 is 0 Å². The van der Waals surface area contributed by atoms with Gasteiger partial charge in [0.1, 0.15) is 0 Å². The Bertz CT molecular complexity index is 711. The lowest BCUT2D eigenvalue weighted by molar-refractivity contribution is 0.248. The third kappa shape index (κ3) is 8.39. The van der Waals surface area contributed by atoms with Crippen molar-refractivity contribution < 1.29 is 0 Å². The second kappa shape index (κ2) is 13.7. The summed E-state index contributed by atoms with van der Waals surface area (Å²) in [6.07, 6.45) is 20.4. The Balaban J connectivity index is 1.36. The third-order valence-corrected chi connectivity index (χ3v) is 7.28.